The van der Waals surface area contributed by atoms with Gasteiger partial charge in [0.1, 0.15) is 5.82 Å². The van der Waals surface area contributed by atoms with Gasteiger partial charge in [0.05, 0.1) is 0 Å². The summed E-state index contributed by atoms with van der Waals surface area (Å²) in [5.74, 6) is -7.22. The zero-order valence-electron chi connectivity index (χ0n) is 15.4. The molecule has 0 saturated heterocycles. The van der Waals surface area contributed by atoms with Crippen LogP contribution in [0, 0.1) is 23.3 Å². The zero-order chi connectivity index (χ0) is 22.1. The molecule has 2 aromatic rings. The number of halogens is 4. The molecule has 160 valence electrons. The molecular weight excluding hydrogens is 426 g/mol. The first-order valence-electron chi connectivity index (χ1n) is 8.97. The topological polar surface area (TPSA) is 86.6 Å². The molecule has 1 amide bonds. The number of thioether (sulfide) groups is 1. The van der Waals surface area contributed by atoms with E-state index in [2.05, 4.69) is 5.32 Å². The average molecular weight is 443 g/mol. The fraction of sp³-hybridized carbons (Fsp3) is 0.300. The molecule has 0 spiro atoms. The van der Waals surface area contributed by atoms with Crippen molar-refractivity contribution in [3.8, 4) is 0 Å². The van der Waals surface area contributed by atoms with Crippen molar-refractivity contribution in [2.45, 2.75) is 41.4 Å². The summed E-state index contributed by atoms with van der Waals surface area (Å²) in [6.07, 6.45) is 0.752. The highest BCUT2D eigenvalue weighted by molar-refractivity contribution is 8.00. The number of carboxylic acid groups (broad SMARTS) is 1. The molecule has 2 aromatic carbocycles. The predicted octanol–water partition coefficient (Wildman–Crippen LogP) is 4.35. The Morgan fingerprint density at radius 3 is 2.17 bits per heavy atom. The normalized spacial score (nSPS) is 21.3. The molecule has 0 aromatic heterocycles. The van der Waals surface area contributed by atoms with Crippen molar-refractivity contribution in [2.24, 2.45) is 0 Å². The highest BCUT2D eigenvalue weighted by Gasteiger charge is 2.40. The van der Waals surface area contributed by atoms with Crippen LogP contribution in [-0.4, -0.2) is 32.9 Å². The van der Waals surface area contributed by atoms with E-state index in [9.17, 15) is 32.3 Å². The smallest absolute Gasteiger partial charge is 0.335 e. The third-order valence-corrected chi connectivity index (χ3v) is 6.26. The second-order valence-electron chi connectivity index (χ2n) is 7.01. The first-order chi connectivity index (χ1) is 14.1. The minimum atomic E-state index is -1.78. The number of carboxylic acids is 1. The number of amides is 1. The van der Waals surface area contributed by atoms with Gasteiger partial charge in [0.15, 0.2) is 23.1 Å². The molecular formula is C20H17F4NO4S. The van der Waals surface area contributed by atoms with Crippen LogP contribution in [0.3, 0.4) is 0 Å². The van der Waals surface area contributed by atoms with Gasteiger partial charge in [-0.25, -0.2) is 22.4 Å². The molecule has 3 rings (SSSR count). The van der Waals surface area contributed by atoms with Gasteiger partial charge in [0, 0.05) is 33.5 Å². The van der Waals surface area contributed by atoms with Crippen LogP contribution in [0.4, 0.5) is 23.2 Å². The first kappa shape index (κ1) is 22.1. The molecule has 30 heavy (non-hydrogen) atoms. The Bertz CT molecular complexity index is 970. The van der Waals surface area contributed by atoms with Crippen LogP contribution >= 0.6 is 11.8 Å². The quantitative estimate of drug-likeness (QED) is 0.473. The van der Waals surface area contributed by atoms with E-state index in [0.717, 1.165) is 17.8 Å². The van der Waals surface area contributed by atoms with E-state index in [1.165, 1.54) is 12.1 Å². The Kier molecular flexibility index (Phi) is 6.37. The number of hydrogen-bond acceptors (Lipinski definition) is 4. The maximum Gasteiger partial charge on any atom is 0.335 e. The molecule has 0 unspecified atom stereocenters. The van der Waals surface area contributed by atoms with Crippen molar-refractivity contribution in [3.63, 3.8) is 0 Å². The van der Waals surface area contributed by atoms with Crippen LogP contribution < -0.4 is 5.32 Å². The van der Waals surface area contributed by atoms with E-state index in [1.54, 1.807) is 0 Å². The zero-order valence-corrected chi connectivity index (χ0v) is 16.2. The number of carbonyl (C=O) groups is 2. The second-order valence-corrected chi connectivity index (χ2v) is 8.35. The van der Waals surface area contributed by atoms with Gasteiger partial charge in [-0.3, -0.25) is 4.79 Å². The van der Waals surface area contributed by atoms with E-state index in [-0.39, 0.29) is 34.2 Å². The number of nitrogens with one attached hydrogen (secondary N) is 1. The van der Waals surface area contributed by atoms with Crippen molar-refractivity contribution in [1.82, 2.24) is 0 Å². The summed E-state index contributed by atoms with van der Waals surface area (Å²) >= 11 is 1.12. The summed E-state index contributed by atoms with van der Waals surface area (Å²) in [6.45, 7) is 0. The van der Waals surface area contributed by atoms with E-state index >= 15 is 0 Å². The average Bonchev–Trinajstić information content (AvgIpc) is 2.69. The highest BCUT2D eigenvalue weighted by Crippen LogP contribution is 2.39. The Hall–Kier alpha value is -2.59. The van der Waals surface area contributed by atoms with Gasteiger partial charge in [-0.05, 0) is 43.9 Å². The summed E-state index contributed by atoms with van der Waals surface area (Å²) in [5, 5.41) is 21.1. The first-order valence-corrected chi connectivity index (χ1v) is 9.85. The van der Waals surface area contributed by atoms with Gasteiger partial charge in [-0.15, -0.1) is 11.8 Å². The van der Waals surface area contributed by atoms with Crippen LogP contribution in [0.2, 0.25) is 0 Å². The summed E-state index contributed by atoms with van der Waals surface area (Å²) in [4.78, 5) is 23.6. The summed E-state index contributed by atoms with van der Waals surface area (Å²) < 4.78 is 53.8. The van der Waals surface area contributed by atoms with E-state index < -0.39 is 40.7 Å². The van der Waals surface area contributed by atoms with Crippen molar-refractivity contribution in [3.05, 3.63) is 59.2 Å². The molecule has 0 aliphatic heterocycles. The molecule has 1 saturated carbocycles. The van der Waals surface area contributed by atoms with Crippen LogP contribution in [0.1, 0.15) is 36.0 Å². The maximum absolute atomic E-state index is 14.2. The standard InChI is InChI=1S/C20H17F4NO4S/c21-13-2-1-10(18(26)25-11-8-14(22)17(24)15(23)9-11)7-16(13)30-12-3-5-20(29,6-4-12)19(27)28/h1-2,7-9,12,29H,3-6H2,(H,25,26)(H,27,28). The Morgan fingerprint density at radius 1 is 1.00 bits per heavy atom. The van der Waals surface area contributed by atoms with E-state index in [1.807, 2.05) is 0 Å². The van der Waals surface area contributed by atoms with Gasteiger partial charge in [-0.2, -0.15) is 0 Å². The lowest BCUT2D eigenvalue weighted by Gasteiger charge is -2.32. The summed E-state index contributed by atoms with van der Waals surface area (Å²) in [7, 11) is 0. The molecule has 0 bridgehead atoms. The molecule has 0 atom stereocenters. The third kappa shape index (κ3) is 4.76. The van der Waals surface area contributed by atoms with Crippen molar-refractivity contribution in [1.29, 1.82) is 0 Å². The van der Waals surface area contributed by atoms with E-state index in [0.29, 0.717) is 25.0 Å². The number of anilines is 1. The minimum absolute atomic E-state index is 0.0156. The minimum Gasteiger partial charge on any atom is -0.479 e. The molecule has 1 aliphatic rings. The number of aliphatic hydroxyl groups is 1. The summed E-state index contributed by atoms with van der Waals surface area (Å²) in [5.41, 5.74) is -2.06. The molecule has 5 nitrogen and oxygen atoms in total. The fourth-order valence-corrected chi connectivity index (χ4v) is 4.35. The summed E-state index contributed by atoms with van der Waals surface area (Å²) in [6, 6.07) is 4.78. The highest BCUT2D eigenvalue weighted by atomic mass is 32.2. The lowest BCUT2D eigenvalue weighted by molar-refractivity contribution is -0.161. The Balaban J connectivity index is 1.71. The van der Waals surface area contributed by atoms with Gasteiger partial charge in [-0.1, -0.05) is 0 Å². The van der Waals surface area contributed by atoms with Crippen molar-refractivity contribution in [2.75, 3.05) is 5.32 Å². The molecule has 0 radical (unpaired) electrons. The number of rotatable bonds is 5. The number of benzene rings is 2. The number of hydrogen-bond donors (Lipinski definition) is 3. The molecule has 3 N–H and O–H groups in total. The Labute approximate surface area is 173 Å². The molecule has 1 fully saturated rings. The van der Waals surface area contributed by atoms with Gasteiger partial charge in [0.2, 0.25) is 0 Å². The lowest BCUT2D eigenvalue weighted by Crippen LogP contribution is -2.42. The lowest BCUT2D eigenvalue weighted by atomic mass is 9.85. The van der Waals surface area contributed by atoms with Crippen LogP contribution in [0.25, 0.3) is 0 Å². The maximum atomic E-state index is 14.2. The molecule has 0 heterocycles. The van der Waals surface area contributed by atoms with Crippen molar-refractivity contribution < 1.29 is 37.4 Å². The predicted molar refractivity (Wildman–Crippen MR) is 101 cm³/mol. The number of carbonyl (C=O) groups excluding carboxylic acids is 1. The number of aliphatic carboxylic acids is 1. The van der Waals surface area contributed by atoms with Gasteiger partial charge >= 0.3 is 5.97 Å². The van der Waals surface area contributed by atoms with Crippen molar-refractivity contribution >= 4 is 29.3 Å². The van der Waals surface area contributed by atoms with E-state index in [4.69, 9.17) is 5.11 Å². The second kappa shape index (κ2) is 8.65. The fourth-order valence-electron chi connectivity index (χ4n) is 3.15. The van der Waals surface area contributed by atoms with Crippen LogP contribution in [0.5, 0.6) is 0 Å². The third-order valence-electron chi connectivity index (χ3n) is 4.89. The molecule has 10 heteroatoms. The molecule has 1 aliphatic carbocycles. The monoisotopic (exact) mass is 443 g/mol. The van der Waals surface area contributed by atoms with Crippen LogP contribution in [0.15, 0.2) is 35.2 Å². The van der Waals surface area contributed by atoms with Crippen LogP contribution in [-0.2, 0) is 4.79 Å². The largest absolute Gasteiger partial charge is 0.479 e. The van der Waals surface area contributed by atoms with Gasteiger partial charge in [0.25, 0.3) is 5.91 Å². The van der Waals surface area contributed by atoms with Gasteiger partial charge < -0.3 is 15.5 Å². The SMILES string of the molecule is O=C(Nc1cc(F)c(F)c(F)c1)c1ccc(F)c(SC2CCC(O)(C(=O)O)CC2)c1. The Morgan fingerprint density at radius 2 is 1.60 bits per heavy atom.